The number of carbonyl (C=O) groups is 11. The second kappa shape index (κ2) is 35.8. The van der Waals surface area contributed by atoms with Crippen LogP contribution >= 0.6 is 11.8 Å². The fraction of sp³-hybridized carbons (Fsp3) is 0.800. The van der Waals surface area contributed by atoms with Gasteiger partial charge in [-0.15, -0.1) is 11.8 Å². The Bertz CT molecular complexity index is 2510. The average Bonchev–Trinajstić information content (AvgIpc) is 0.843. The summed E-state index contributed by atoms with van der Waals surface area (Å²) in [5.41, 5.74) is 0. The van der Waals surface area contributed by atoms with E-state index in [2.05, 4.69) is 26.6 Å². The number of nitrogens with one attached hydrogen (secondary N) is 5. The average molecular weight is 1290 g/mol. The molecule has 11 amide bonds. The lowest BCUT2D eigenvalue weighted by molar-refractivity contribution is -0.159. The molecule has 90 heavy (non-hydrogen) atoms. The molecule has 0 unspecified atom stereocenters. The van der Waals surface area contributed by atoms with Crippen molar-refractivity contribution < 1.29 is 57.8 Å². The van der Waals surface area contributed by atoms with Gasteiger partial charge in [0.2, 0.25) is 59.1 Å². The Hall–Kier alpha value is -5.82. The van der Waals surface area contributed by atoms with Gasteiger partial charge in [-0.05, 0) is 101 Å². The van der Waals surface area contributed by atoms with Crippen molar-refractivity contribution in [3.05, 3.63) is 12.2 Å². The van der Waals surface area contributed by atoms with Gasteiger partial charge in [0.25, 0.3) is 5.91 Å². The third kappa shape index (κ3) is 20.8. The van der Waals surface area contributed by atoms with Gasteiger partial charge in [0.1, 0.15) is 54.4 Å². The molecule has 0 aliphatic carbocycles. The van der Waals surface area contributed by atoms with Gasteiger partial charge in [0, 0.05) is 67.7 Å². The fourth-order valence-electron chi connectivity index (χ4n) is 11.5. The van der Waals surface area contributed by atoms with Crippen LogP contribution in [0.4, 0.5) is 0 Å². The molecule has 6 N–H and O–H groups in total. The van der Waals surface area contributed by atoms with Crippen LogP contribution in [0.25, 0.3) is 0 Å². The van der Waals surface area contributed by atoms with E-state index in [1.807, 2.05) is 68.4 Å². The number of hydrogen-bond acceptors (Lipinski definition) is 14. The second-order valence-electron chi connectivity index (χ2n) is 27.6. The highest BCUT2D eigenvalue weighted by molar-refractivity contribution is 8.02. The highest BCUT2D eigenvalue weighted by Gasteiger charge is 2.56. The number of rotatable bonds is 17. The van der Waals surface area contributed by atoms with Crippen molar-refractivity contribution in [2.24, 2.45) is 41.4 Å². The lowest BCUT2D eigenvalue weighted by Gasteiger charge is -2.50. The molecule has 0 radical (unpaired) electrons. The van der Waals surface area contributed by atoms with E-state index >= 15 is 19.2 Å². The number of allylic oxidation sites excluding steroid dienone is 2. The number of aliphatic hydroxyl groups excluding tert-OH is 1. The molecule has 0 saturated carbocycles. The highest BCUT2D eigenvalue weighted by atomic mass is 32.2. The summed E-state index contributed by atoms with van der Waals surface area (Å²) in [4.78, 5) is 170. The summed E-state index contributed by atoms with van der Waals surface area (Å²) in [6.07, 6.45) is 2.99. The Morgan fingerprint density at radius 1 is 0.544 bits per heavy atom. The first-order valence-corrected chi connectivity index (χ1v) is 33.3. The van der Waals surface area contributed by atoms with Gasteiger partial charge in [-0.1, -0.05) is 109 Å². The maximum absolute atomic E-state index is 16.1. The molecule has 514 valence electrons. The zero-order chi connectivity index (χ0) is 69.3. The van der Waals surface area contributed by atoms with E-state index in [9.17, 15) is 38.7 Å². The van der Waals surface area contributed by atoms with E-state index in [-0.39, 0.29) is 61.0 Å². The lowest BCUT2D eigenvalue weighted by atomic mass is 9.91. The maximum atomic E-state index is 16.1. The zero-order valence-corrected chi connectivity index (χ0v) is 59.7. The Labute approximate surface area is 542 Å². The van der Waals surface area contributed by atoms with Crippen molar-refractivity contribution in [2.45, 2.75) is 227 Å². The van der Waals surface area contributed by atoms with Crippen LogP contribution in [0.15, 0.2) is 12.2 Å². The minimum absolute atomic E-state index is 0.0148. The number of amides is 11. The normalized spacial score (nSPS) is 27.9. The third-order valence-corrected chi connectivity index (χ3v) is 19.4. The summed E-state index contributed by atoms with van der Waals surface area (Å²) in [6, 6.07) is -11.2. The molecular formula is C65H116N12O12S. The number of likely N-dealkylation sites (N-methyl/N-ethyl adjacent to an activating group) is 7. The van der Waals surface area contributed by atoms with Gasteiger partial charge in [-0.2, -0.15) is 0 Å². The standard InChI is InChI=1S/C65H116N12O12S/c1-25-27-28-42(15)54(79)53-58(83)69-46(26-2)60(85)71(18)35-51(78)72(19)47(29-36(3)4)57(82)70-52(40(11)12)63(88)73(20)48(30-37(5)6)56(81)67-43(16)55(80)68-44(17)59(84)74(21)49(31-38(7)8)61(86)75(22)50(32-39(9)10)62(87)77(24)65(41(13)14,64(89)76(53)23)90-45-33-66-34-45/h25,27,36-50,52-54,66,79H,26,28-35H2,1-24H3,(H,67,81)(H,68,80)(H,69,83)(H,70,82)/b27-25+/t42-,43+,44-,46+,47+,48+,49+,50+,52+,53+,54-,65+/m1/s1. The van der Waals surface area contributed by atoms with Crippen molar-refractivity contribution in [2.75, 3.05) is 69.0 Å². The lowest BCUT2D eigenvalue weighted by Crippen LogP contribution is -2.69. The molecule has 25 heteroatoms. The van der Waals surface area contributed by atoms with Gasteiger partial charge < -0.3 is 66.0 Å². The van der Waals surface area contributed by atoms with Crippen molar-refractivity contribution in [3.63, 3.8) is 0 Å². The second-order valence-corrected chi connectivity index (χ2v) is 29.1. The molecule has 0 bridgehead atoms. The van der Waals surface area contributed by atoms with E-state index in [4.69, 9.17) is 0 Å². The van der Waals surface area contributed by atoms with Gasteiger partial charge in [-0.3, -0.25) is 52.7 Å². The van der Waals surface area contributed by atoms with Gasteiger partial charge in [0.05, 0.1) is 12.6 Å². The van der Waals surface area contributed by atoms with Crippen molar-refractivity contribution in [1.82, 2.24) is 60.9 Å². The van der Waals surface area contributed by atoms with Crippen LogP contribution in [0.2, 0.25) is 0 Å². The quantitative estimate of drug-likeness (QED) is 0.114. The smallest absolute Gasteiger partial charge is 0.259 e. The predicted molar refractivity (Wildman–Crippen MR) is 352 cm³/mol. The molecule has 24 nitrogen and oxygen atoms in total. The van der Waals surface area contributed by atoms with E-state index in [0.717, 1.165) is 9.80 Å². The van der Waals surface area contributed by atoms with Crippen LogP contribution in [0.5, 0.6) is 0 Å². The van der Waals surface area contributed by atoms with Crippen molar-refractivity contribution >= 4 is 76.7 Å². The number of hydrogen-bond donors (Lipinski definition) is 6. The Balaban J connectivity index is 3.09. The fourth-order valence-corrected chi connectivity index (χ4v) is 13.2. The summed E-state index contributed by atoms with van der Waals surface area (Å²) in [5, 5.41) is 26.5. The van der Waals surface area contributed by atoms with Crippen molar-refractivity contribution in [1.29, 1.82) is 0 Å². The van der Waals surface area contributed by atoms with Crippen LogP contribution in [-0.2, 0) is 52.7 Å². The first-order chi connectivity index (χ1) is 41.7. The summed E-state index contributed by atoms with van der Waals surface area (Å²) < 4.78 is 0. The molecule has 2 fully saturated rings. The van der Waals surface area contributed by atoms with E-state index in [1.165, 1.54) is 99.4 Å². The Kier molecular flexibility index (Phi) is 32.0. The summed E-state index contributed by atoms with van der Waals surface area (Å²) in [7, 11) is 10.1. The number of carbonyl (C=O) groups excluding carboxylic acids is 11. The van der Waals surface area contributed by atoms with Crippen LogP contribution < -0.4 is 26.6 Å². The molecule has 12 atom stereocenters. The van der Waals surface area contributed by atoms with Gasteiger partial charge in [-0.25, -0.2) is 0 Å². The van der Waals surface area contributed by atoms with E-state index in [1.54, 1.807) is 47.6 Å². The molecule has 2 saturated heterocycles. The van der Waals surface area contributed by atoms with Crippen LogP contribution in [0.3, 0.4) is 0 Å². The molecule has 0 aromatic carbocycles. The molecule has 0 aromatic rings. The van der Waals surface area contributed by atoms with Crippen LogP contribution in [-0.4, -0.2) is 244 Å². The molecule has 2 aliphatic rings. The molecular weight excluding hydrogens is 1170 g/mol. The minimum Gasteiger partial charge on any atom is -0.390 e. The Morgan fingerprint density at radius 2 is 1.00 bits per heavy atom. The van der Waals surface area contributed by atoms with Crippen LogP contribution in [0, 0.1) is 41.4 Å². The summed E-state index contributed by atoms with van der Waals surface area (Å²) in [5.74, 6) is -9.85. The monoisotopic (exact) mass is 1290 g/mol. The van der Waals surface area contributed by atoms with E-state index < -0.39 is 155 Å². The first kappa shape index (κ1) is 80.3. The molecule has 2 heterocycles. The maximum Gasteiger partial charge on any atom is 0.259 e. The molecule has 2 rings (SSSR count). The number of nitrogens with zero attached hydrogens (tertiary/aromatic N) is 7. The zero-order valence-electron chi connectivity index (χ0n) is 58.9. The third-order valence-electron chi connectivity index (χ3n) is 17.4. The Morgan fingerprint density at radius 3 is 1.46 bits per heavy atom. The predicted octanol–water partition coefficient (Wildman–Crippen LogP) is 3.30. The number of thioether (sulfide) groups is 1. The van der Waals surface area contributed by atoms with Crippen molar-refractivity contribution in [3.8, 4) is 0 Å². The first-order valence-electron chi connectivity index (χ1n) is 32.4. The molecule has 2 aliphatic heterocycles. The number of aliphatic hydroxyl groups is 1. The highest BCUT2D eigenvalue weighted by Crippen LogP contribution is 2.43. The minimum atomic E-state index is -1.79. The summed E-state index contributed by atoms with van der Waals surface area (Å²) >= 11 is 1.24. The van der Waals surface area contributed by atoms with E-state index in [0.29, 0.717) is 19.5 Å². The summed E-state index contributed by atoms with van der Waals surface area (Å²) in [6.45, 7) is 30.6. The molecule has 0 aromatic heterocycles. The molecule has 0 spiro atoms. The van der Waals surface area contributed by atoms with Crippen LogP contribution in [0.1, 0.15) is 156 Å². The SMILES string of the molecule is C/C=C/C[C@@H](C)[C@@H](O)[C@H]1C(=O)N[C@@H](CC)C(=O)N(C)CC(=O)N(C)[C@@H](CC(C)C)C(=O)N[C@@H](C(C)C)C(=O)N(C)[C@@H](CC(C)C)C(=O)N[C@@H](C)C(=O)N[C@H](C)C(=O)N(C)[C@@H](CC(C)C)C(=O)N(C)[C@@H](CC(C)C)C(=O)N(C)[C@](SC2CNC2)(C(C)C)C(=O)N1C. The topological polar surface area (TPSA) is 291 Å². The largest absolute Gasteiger partial charge is 0.390 e. The van der Waals surface area contributed by atoms with Gasteiger partial charge >= 0.3 is 0 Å². The van der Waals surface area contributed by atoms with Gasteiger partial charge in [0.15, 0.2) is 4.87 Å².